The van der Waals surface area contributed by atoms with E-state index in [1.807, 2.05) is 19.0 Å². The van der Waals surface area contributed by atoms with Gasteiger partial charge >= 0.3 is 0 Å². The van der Waals surface area contributed by atoms with Gasteiger partial charge < -0.3 is 10.2 Å². The first-order chi connectivity index (χ1) is 7.10. The maximum atomic E-state index is 11.8. The van der Waals surface area contributed by atoms with E-state index in [1.54, 1.807) is 0 Å². The third-order valence-corrected chi connectivity index (χ3v) is 3.30. The minimum absolute atomic E-state index is 0.263. The Hall–Kier alpha value is -0.610. The second-order valence-electron chi connectivity index (χ2n) is 4.43. The van der Waals surface area contributed by atoms with Gasteiger partial charge in [0.1, 0.15) is 0 Å². The van der Waals surface area contributed by atoms with Crippen molar-refractivity contribution >= 4 is 5.91 Å². The quantitative estimate of drug-likeness (QED) is 0.722. The fourth-order valence-corrected chi connectivity index (χ4v) is 2.00. The lowest BCUT2D eigenvalue weighted by Crippen LogP contribution is -2.59. The predicted molar refractivity (Wildman–Crippen MR) is 61.8 cm³/mol. The fraction of sp³-hybridized carbons (Fsp3) is 0.909. The minimum Gasteiger partial charge on any atom is -0.337 e. The molecule has 0 aliphatic carbocycles. The van der Waals surface area contributed by atoms with Gasteiger partial charge in [-0.3, -0.25) is 9.69 Å². The molecule has 1 fully saturated rings. The maximum Gasteiger partial charge on any atom is 0.237 e. The Morgan fingerprint density at radius 3 is 2.80 bits per heavy atom. The van der Waals surface area contributed by atoms with Crippen LogP contribution in [0.2, 0.25) is 0 Å². The van der Waals surface area contributed by atoms with Crippen LogP contribution >= 0.6 is 0 Å². The number of amides is 1. The summed E-state index contributed by atoms with van der Waals surface area (Å²) in [6, 6.07) is 0.812. The monoisotopic (exact) mass is 213 g/mol. The van der Waals surface area contributed by atoms with Crippen molar-refractivity contribution in [2.75, 3.05) is 33.7 Å². The van der Waals surface area contributed by atoms with Gasteiger partial charge in [-0.15, -0.1) is 0 Å². The van der Waals surface area contributed by atoms with Crippen LogP contribution in [0.4, 0.5) is 0 Å². The van der Waals surface area contributed by atoms with Crippen molar-refractivity contribution in [2.24, 2.45) is 0 Å². The molecule has 4 nitrogen and oxygen atoms in total. The Labute approximate surface area is 92.6 Å². The zero-order valence-corrected chi connectivity index (χ0v) is 10.3. The first-order valence-electron chi connectivity index (χ1n) is 5.74. The van der Waals surface area contributed by atoms with Crippen LogP contribution in [0.25, 0.3) is 0 Å². The lowest BCUT2D eigenvalue weighted by molar-refractivity contribution is -0.140. The molecule has 1 N–H and O–H groups in total. The highest BCUT2D eigenvalue weighted by Crippen LogP contribution is 2.13. The number of nitrogens with zero attached hydrogens (tertiary/aromatic N) is 2. The summed E-state index contributed by atoms with van der Waals surface area (Å²) >= 11 is 0. The molecule has 1 rings (SSSR count). The number of piperazine rings is 1. The van der Waals surface area contributed by atoms with Gasteiger partial charge in [0.2, 0.25) is 5.91 Å². The van der Waals surface area contributed by atoms with E-state index in [4.69, 9.17) is 0 Å². The molecule has 0 aromatic heterocycles. The zero-order valence-electron chi connectivity index (χ0n) is 10.3. The van der Waals surface area contributed by atoms with Crippen molar-refractivity contribution in [2.45, 2.75) is 32.4 Å². The van der Waals surface area contributed by atoms with E-state index >= 15 is 0 Å². The number of likely N-dealkylation sites (N-methyl/N-ethyl adjacent to an activating group) is 2. The van der Waals surface area contributed by atoms with Crippen LogP contribution in [0.3, 0.4) is 0 Å². The molecule has 0 radical (unpaired) electrons. The molecular weight excluding hydrogens is 190 g/mol. The van der Waals surface area contributed by atoms with E-state index in [9.17, 15) is 4.79 Å². The van der Waals surface area contributed by atoms with Gasteiger partial charge in [0.15, 0.2) is 0 Å². The lowest BCUT2D eigenvalue weighted by atomic mass is 10.1. The molecule has 0 saturated carbocycles. The topological polar surface area (TPSA) is 35.6 Å². The predicted octanol–water partition coefficient (Wildman–Crippen LogP) is 0.147. The third-order valence-electron chi connectivity index (χ3n) is 3.30. The Kier molecular flexibility index (Phi) is 4.54. The number of hydrogen-bond acceptors (Lipinski definition) is 3. The fourth-order valence-electron chi connectivity index (χ4n) is 2.00. The molecule has 0 spiro atoms. The number of nitrogens with one attached hydrogen (secondary N) is 1. The molecule has 0 aromatic rings. The van der Waals surface area contributed by atoms with Crippen LogP contribution < -0.4 is 5.32 Å². The van der Waals surface area contributed by atoms with Crippen molar-refractivity contribution in [1.29, 1.82) is 0 Å². The molecule has 0 bridgehead atoms. The summed E-state index contributed by atoms with van der Waals surface area (Å²) in [6.07, 6.45) is 1.03. The van der Waals surface area contributed by atoms with Gasteiger partial charge in [0, 0.05) is 25.2 Å². The standard InChI is InChI=1S/C11H23N3O/c1-5-9(2)14-7-10(6-12-3)13(4)8-11(14)15/h9-10,12H,5-8H2,1-4H3. The molecule has 0 aromatic carbocycles. The highest BCUT2D eigenvalue weighted by Gasteiger charge is 2.31. The summed E-state index contributed by atoms with van der Waals surface area (Å²) < 4.78 is 0. The summed E-state index contributed by atoms with van der Waals surface area (Å²) in [4.78, 5) is 16.0. The summed E-state index contributed by atoms with van der Waals surface area (Å²) in [5, 5.41) is 3.18. The van der Waals surface area contributed by atoms with Crippen LogP contribution in [0.1, 0.15) is 20.3 Å². The maximum absolute atomic E-state index is 11.8. The SMILES string of the molecule is CCC(C)N1CC(CNC)N(C)CC1=O. The molecule has 15 heavy (non-hydrogen) atoms. The van der Waals surface area contributed by atoms with Gasteiger partial charge in [-0.2, -0.15) is 0 Å². The molecule has 88 valence electrons. The van der Waals surface area contributed by atoms with Crippen LogP contribution in [-0.4, -0.2) is 61.5 Å². The smallest absolute Gasteiger partial charge is 0.237 e. The number of carbonyl (C=O) groups is 1. The summed E-state index contributed by atoms with van der Waals surface area (Å²) in [5.74, 6) is 0.263. The Morgan fingerprint density at radius 2 is 2.27 bits per heavy atom. The molecular formula is C11H23N3O. The largest absolute Gasteiger partial charge is 0.337 e. The van der Waals surface area contributed by atoms with E-state index in [0.717, 1.165) is 19.5 Å². The molecule has 1 aliphatic rings. The first kappa shape index (κ1) is 12.5. The van der Waals surface area contributed by atoms with Crippen molar-refractivity contribution in [3.8, 4) is 0 Å². The Bertz CT molecular complexity index is 220. The second-order valence-corrected chi connectivity index (χ2v) is 4.43. The third kappa shape index (κ3) is 2.92. The van der Waals surface area contributed by atoms with Crippen molar-refractivity contribution in [3.63, 3.8) is 0 Å². The van der Waals surface area contributed by atoms with Crippen LogP contribution in [-0.2, 0) is 4.79 Å². The molecule has 2 unspecified atom stereocenters. The summed E-state index contributed by atoms with van der Waals surface area (Å²) in [7, 11) is 3.98. The molecule has 4 heteroatoms. The Balaban J connectivity index is 2.62. The van der Waals surface area contributed by atoms with Crippen molar-refractivity contribution in [3.05, 3.63) is 0 Å². The first-order valence-corrected chi connectivity index (χ1v) is 5.74. The summed E-state index contributed by atoms with van der Waals surface area (Å²) in [5.41, 5.74) is 0. The van der Waals surface area contributed by atoms with E-state index in [1.165, 1.54) is 0 Å². The summed E-state index contributed by atoms with van der Waals surface area (Å²) in [6.45, 7) is 6.60. The number of rotatable bonds is 4. The highest BCUT2D eigenvalue weighted by atomic mass is 16.2. The average Bonchev–Trinajstić information content (AvgIpc) is 2.21. The molecule has 1 saturated heterocycles. The van der Waals surface area contributed by atoms with E-state index in [0.29, 0.717) is 18.6 Å². The van der Waals surface area contributed by atoms with Crippen LogP contribution in [0.5, 0.6) is 0 Å². The number of carbonyl (C=O) groups excluding carboxylic acids is 1. The van der Waals surface area contributed by atoms with Crippen molar-refractivity contribution < 1.29 is 4.79 Å². The van der Waals surface area contributed by atoms with E-state index in [-0.39, 0.29) is 5.91 Å². The zero-order chi connectivity index (χ0) is 11.4. The van der Waals surface area contributed by atoms with E-state index < -0.39 is 0 Å². The van der Waals surface area contributed by atoms with Gasteiger partial charge in [0.25, 0.3) is 0 Å². The normalized spacial score (nSPS) is 25.7. The van der Waals surface area contributed by atoms with Crippen LogP contribution in [0.15, 0.2) is 0 Å². The molecule has 1 aliphatic heterocycles. The average molecular weight is 213 g/mol. The van der Waals surface area contributed by atoms with Gasteiger partial charge in [-0.1, -0.05) is 6.92 Å². The lowest BCUT2D eigenvalue weighted by Gasteiger charge is -2.41. The molecule has 1 amide bonds. The van der Waals surface area contributed by atoms with E-state index in [2.05, 4.69) is 24.1 Å². The molecule has 2 atom stereocenters. The highest BCUT2D eigenvalue weighted by molar-refractivity contribution is 5.79. The van der Waals surface area contributed by atoms with Crippen molar-refractivity contribution in [1.82, 2.24) is 15.1 Å². The minimum atomic E-state index is 0.263. The number of hydrogen-bond donors (Lipinski definition) is 1. The van der Waals surface area contributed by atoms with Gasteiger partial charge in [-0.25, -0.2) is 0 Å². The van der Waals surface area contributed by atoms with Crippen LogP contribution in [0, 0.1) is 0 Å². The van der Waals surface area contributed by atoms with Gasteiger partial charge in [0.05, 0.1) is 6.54 Å². The Morgan fingerprint density at radius 1 is 1.60 bits per heavy atom. The molecule has 1 heterocycles. The second kappa shape index (κ2) is 5.47. The van der Waals surface area contributed by atoms with Gasteiger partial charge in [-0.05, 0) is 27.4 Å².